The van der Waals surface area contributed by atoms with Crippen LogP contribution in [0.15, 0.2) is 0 Å². The first-order chi connectivity index (χ1) is 2.77. The summed E-state index contributed by atoms with van der Waals surface area (Å²) in [6.07, 6.45) is 2.69. The van der Waals surface area contributed by atoms with Crippen molar-refractivity contribution < 1.29 is 0 Å². The zero-order valence-corrected chi connectivity index (χ0v) is 6.55. The van der Waals surface area contributed by atoms with Gasteiger partial charge in [-0.2, -0.15) is 0 Å². The van der Waals surface area contributed by atoms with Crippen molar-refractivity contribution in [3.05, 3.63) is 0 Å². The molecule has 1 aliphatic carbocycles. The number of hydrogen-bond acceptors (Lipinski definition) is 0. The highest BCUT2D eigenvalue weighted by Crippen LogP contribution is 2.45. The van der Waals surface area contributed by atoms with E-state index in [1.807, 2.05) is 0 Å². The van der Waals surface area contributed by atoms with Crippen molar-refractivity contribution in [2.24, 2.45) is 0 Å². The second-order valence-corrected chi connectivity index (χ2v) is 4.03. The molecule has 0 saturated heterocycles. The van der Waals surface area contributed by atoms with Crippen molar-refractivity contribution in [3.8, 4) is 0 Å². The average Bonchev–Trinajstić information content (AvgIpc) is 2.22. The van der Waals surface area contributed by atoms with Crippen molar-refractivity contribution in [2.45, 2.75) is 17.2 Å². The highest BCUT2D eigenvalue weighted by molar-refractivity contribution is 9.12. The monoisotopic (exact) mass is 212 g/mol. The van der Waals surface area contributed by atoms with Gasteiger partial charge in [0.2, 0.25) is 0 Å². The van der Waals surface area contributed by atoms with Gasteiger partial charge in [0.05, 0.1) is 0 Å². The third-order valence-electron chi connectivity index (χ3n) is 1.03. The van der Waals surface area contributed by atoms with Crippen LogP contribution >= 0.6 is 31.9 Å². The van der Waals surface area contributed by atoms with Gasteiger partial charge in [-0.15, -0.1) is 0 Å². The lowest BCUT2D eigenvalue weighted by molar-refractivity contribution is 1.11. The van der Waals surface area contributed by atoms with Crippen LogP contribution in [0.1, 0.15) is 12.8 Å². The first-order valence-electron chi connectivity index (χ1n) is 2.02. The Hall–Kier alpha value is 0.960. The number of halogens is 2. The van der Waals surface area contributed by atoms with Gasteiger partial charge in [0.15, 0.2) is 0 Å². The lowest BCUT2D eigenvalue weighted by atomic mass is 10.5. The van der Waals surface area contributed by atoms with Gasteiger partial charge >= 0.3 is 0 Å². The molecule has 36 valence electrons. The van der Waals surface area contributed by atoms with E-state index >= 15 is 0 Å². The largest absolute Gasteiger partial charge is 0.0913 e. The molecule has 0 aromatic carbocycles. The van der Waals surface area contributed by atoms with E-state index in [-0.39, 0.29) is 0 Å². The fourth-order valence-electron chi connectivity index (χ4n) is 0.269. The maximum atomic E-state index is 3.54. The van der Waals surface area contributed by atoms with Crippen molar-refractivity contribution in [1.29, 1.82) is 0 Å². The van der Waals surface area contributed by atoms with E-state index in [2.05, 4.69) is 31.9 Å². The fourth-order valence-corrected chi connectivity index (χ4v) is 1.03. The van der Waals surface area contributed by atoms with E-state index in [1.165, 1.54) is 12.8 Å². The van der Waals surface area contributed by atoms with E-state index < -0.39 is 0 Å². The normalized spacial score (nSPS) is 27.0. The first kappa shape index (κ1) is 5.10. The van der Waals surface area contributed by atoms with Gasteiger partial charge in [-0.25, -0.2) is 0 Å². The maximum absolute atomic E-state index is 3.54. The maximum Gasteiger partial charge on any atom is 0.0355 e. The molecule has 0 aromatic rings. The van der Waals surface area contributed by atoms with Crippen LogP contribution in [0.2, 0.25) is 0 Å². The van der Waals surface area contributed by atoms with E-state index in [4.69, 9.17) is 0 Å². The van der Waals surface area contributed by atoms with E-state index in [0.717, 1.165) is 5.33 Å². The molecule has 1 fully saturated rings. The van der Waals surface area contributed by atoms with Crippen LogP contribution in [-0.2, 0) is 0 Å². The summed E-state index contributed by atoms with van der Waals surface area (Å²) in [6.45, 7) is 0. The molecule has 1 saturated carbocycles. The van der Waals surface area contributed by atoms with Crippen LogP contribution in [0.5, 0.6) is 0 Å². The molecule has 0 nitrogen and oxygen atoms in total. The summed E-state index contributed by atoms with van der Waals surface area (Å²) >= 11 is 6.93. The molecule has 0 atom stereocenters. The third kappa shape index (κ3) is 0.969. The van der Waals surface area contributed by atoms with Crippen molar-refractivity contribution >= 4 is 31.9 Å². The fraction of sp³-hybridized carbons (Fsp3) is 1.00. The molecule has 0 bridgehead atoms. The Morgan fingerprint density at radius 1 is 1.50 bits per heavy atom. The first-order valence-corrected chi connectivity index (χ1v) is 3.93. The van der Waals surface area contributed by atoms with Crippen LogP contribution in [-0.4, -0.2) is 9.65 Å². The van der Waals surface area contributed by atoms with Crippen LogP contribution in [0.25, 0.3) is 0 Å². The standard InChI is InChI=1S/C4H6Br2/c5-3-4(6)1-2-4/h1-3H2. The Kier molecular flexibility index (Phi) is 1.26. The van der Waals surface area contributed by atoms with Crippen LogP contribution < -0.4 is 0 Å². The lowest BCUT2D eigenvalue weighted by Gasteiger charge is -1.92. The molecule has 2 heteroatoms. The van der Waals surface area contributed by atoms with Crippen molar-refractivity contribution in [2.75, 3.05) is 5.33 Å². The summed E-state index contributed by atoms with van der Waals surface area (Å²) in [5, 5.41) is 1.11. The Labute approximate surface area is 54.6 Å². The van der Waals surface area contributed by atoms with Gasteiger partial charge in [0, 0.05) is 9.65 Å². The molecule has 1 aliphatic rings. The molecule has 0 aromatic heterocycles. The highest BCUT2D eigenvalue weighted by Gasteiger charge is 2.38. The van der Waals surface area contributed by atoms with Crippen LogP contribution in [0, 0.1) is 0 Å². The van der Waals surface area contributed by atoms with Gasteiger partial charge in [0.25, 0.3) is 0 Å². The molecule has 0 spiro atoms. The summed E-state index contributed by atoms with van der Waals surface area (Å²) < 4.78 is 0.521. The number of rotatable bonds is 1. The van der Waals surface area contributed by atoms with E-state index in [0.29, 0.717) is 4.32 Å². The zero-order valence-electron chi connectivity index (χ0n) is 3.38. The Bertz CT molecular complexity index is 56.6. The van der Waals surface area contributed by atoms with Gasteiger partial charge in [-0.3, -0.25) is 0 Å². The van der Waals surface area contributed by atoms with Gasteiger partial charge < -0.3 is 0 Å². The molecule has 0 amide bonds. The second-order valence-electron chi connectivity index (χ2n) is 1.78. The SMILES string of the molecule is BrCC1(Br)CC1. The molecule has 0 heterocycles. The van der Waals surface area contributed by atoms with Gasteiger partial charge in [-0.05, 0) is 12.8 Å². The quantitative estimate of drug-likeness (QED) is 0.587. The smallest absolute Gasteiger partial charge is 0.0355 e. The van der Waals surface area contributed by atoms with Crippen molar-refractivity contribution in [1.82, 2.24) is 0 Å². The Morgan fingerprint density at radius 2 is 2.00 bits per heavy atom. The van der Waals surface area contributed by atoms with E-state index in [1.54, 1.807) is 0 Å². The van der Waals surface area contributed by atoms with Crippen LogP contribution in [0.4, 0.5) is 0 Å². The predicted molar refractivity (Wildman–Crippen MR) is 34.7 cm³/mol. The molecule has 0 aliphatic heterocycles. The van der Waals surface area contributed by atoms with Crippen molar-refractivity contribution in [3.63, 3.8) is 0 Å². The third-order valence-corrected chi connectivity index (χ3v) is 3.93. The molecule has 0 unspecified atom stereocenters. The number of alkyl halides is 2. The molecular weight excluding hydrogens is 208 g/mol. The zero-order chi connectivity index (χ0) is 4.62. The minimum absolute atomic E-state index is 0.521. The predicted octanol–water partition coefficient (Wildman–Crippen LogP) is 2.31. The molecular formula is C4H6Br2. The van der Waals surface area contributed by atoms with Gasteiger partial charge in [0.1, 0.15) is 0 Å². The molecule has 6 heavy (non-hydrogen) atoms. The number of hydrogen-bond donors (Lipinski definition) is 0. The van der Waals surface area contributed by atoms with Crippen LogP contribution in [0.3, 0.4) is 0 Å². The average molecular weight is 214 g/mol. The summed E-state index contributed by atoms with van der Waals surface area (Å²) in [4.78, 5) is 0. The second kappa shape index (κ2) is 1.48. The Morgan fingerprint density at radius 3 is 2.00 bits per heavy atom. The summed E-state index contributed by atoms with van der Waals surface area (Å²) in [6, 6.07) is 0. The lowest BCUT2D eigenvalue weighted by Crippen LogP contribution is -1.94. The molecule has 0 N–H and O–H groups in total. The topological polar surface area (TPSA) is 0 Å². The molecule has 0 radical (unpaired) electrons. The highest BCUT2D eigenvalue weighted by atomic mass is 79.9. The minimum atomic E-state index is 0.521. The summed E-state index contributed by atoms with van der Waals surface area (Å²) in [5.41, 5.74) is 0. The summed E-state index contributed by atoms with van der Waals surface area (Å²) in [7, 11) is 0. The van der Waals surface area contributed by atoms with E-state index in [9.17, 15) is 0 Å². The molecule has 1 rings (SSSR count). The summed E-state index contributed by atoms with van der Waals surface area (Å²) in [5.74, 6) is 0. The Balaban J connectivity index is 2.28. The minimum Gasteiger partial charge on any atom is -0.0913 e. The van der Waals surface area contributed by atoms with Gasteiger partial charge in [-0.1, -0.05) is 31.9 Å².